The Morgan fingerprint density at radius 2 is 1.74 bits per heavy atom. The van der Waals surface area contributed by atoms with Crippen LogP contribution in [-0.2, 0) is 4.74 Å². The third-order valence-corrected chi connectivity index (χ3v) is 2.96. The average Bonchev–Trinajstić information content (AvgIpc) is 2.52. The van der Waals surface area contributed by atoms with E-state index in [2.05, 4.69) is 10.2 Å². The fourth-order valence-electron chi connectivity index (χ4n) is 1.92. The maximum absolute atomic E-state index is 11.5. The van der Waals surface area contributed by atoms with Crippen molar-refractivity contribution in [3.63, 3.8) is 0 Å². The summed E-state index contributed by atoms with van der Waals surface area (Å²) in [6.07, 6.45) is -1.01. The molecule has 0 bridgehead atoms. The molecule has 0 spiro atoms. The summed E-state index contributed by atoms with van der Waals surface area (Å²) in [7, 11) is 1.51. The summed E-state index contributed by atoms with van der Waals surface area (Å²) in [4.78, 5) is 11.5. The monoisotopic (exact) mass is 314 g/mol. The number of nitrogens with zero attached hydrogens (tertiary/aromatic N) is 2. The lowest BCUT2D eigenvalue weighted by Crippen LogP contribution is -2.06. The predicted molar refractivity (Wildman–Crippen MR) is 86.2 cm³/mol. The molecule has 1 amide bonds. The second-order valence-corrected chi connectivity index (χ2v) is 5.07. The van der Waals surface area contributed by atoms with Gasteiger partial charge in [-0.1, -0.05) is 23.3 Å². The minimum absolute atomic E-state index is 0.193. The number of rotatable bonds is 4. The predicted octanol–water partition coefficient (Wildman–Crippen LogP) is 4.70. The largest absolute Gasteiger partial charge is 0.508 e. The molecule has 2 rings (SSSR count). The van der Waals surface area contributed by atoms with Crippen molar-refractivity contribution in [3.8, 4) is 22.6 Å². The number of azo groups is 1. The van der Waals surface area contributed by atoms with Crippen LogP contribution in [0.5, 0.6) is 11.5 Å². The number of phenols is 1. The summed E-state index contributed by atoms with van der Waals surface area (Å²) in [6.45, 7) is 3.47. The molecule has 0 radical (unpaired) electrons. The number of phenolic OH excluding ortho intramolecular Hbond substituents is 1. The summed E-state index contributed by atoms with van der Waals surface area (Å²) in [5.74, 6) is 0.687. The summed E-state index contributed by atoms with van der Waals surface area (Å²) in [6, 6.07) is 12.1. The Hall–Kier alpha value is -2.89. The van der Waals surface area contributed by atoms with E-state index in [1.165, 1.54) is 7.11 Å². The fraction of sp³-hybridized carbons (Fsp3) is 0.235. The summed E-state index contributed by atoms with van der Waals surface area (Å²) in [5.41, 5.74) is 2.17. The second kappa shape index (κ2) is 7.40. The molecular weight excluding hydrogens is 296 g/mol. The number of hydrogen-bond donors (Lipinski definition) is 1. The lowest BCUT2D eigenvalue weighted by Gasteiger charge is -2.07. The maximum Gasteiger partial charge on any atom is 0.452 e. The molecule has 0 aliphatic heterocycles. The molecule has 6 heteroatoms. The van der Waals surface area contributed by atoms with Crippen molar-refractivity contribution in [2.75, 3.05) is 7.11 Å². The van der Waals surface area contributed by atoms with Crippen molar-refractivity contribution in [3.05, 3.63) is 42.5 Å². The molecule has 0 fully saturated rings. The molecule has 0 saturated carbocycles. The van der Waals surface area contributed by atoms with Crippen molar-refractivity contribution in [1.82, 2.24) is 0 Å². The molecular formula is C17H18N2O4. The first-order chi connectivity index (χ1) is 11.0. The van der Waals surface area contributed by atoms with Gasteiger partial charge in [0.1, 0.15) is 17.2 Å². The normalized spacial score (nSPS) is 11.0. The molecule has 0 saturated heterocycles. The summed E-state index contributed by atoms with van der Waals surface area (Å²) >= 11 is 0. The number of aromatic hydroxyl groups is 1. The number of ether oxygens (including phenoxy) is 2. The zero-order chi connectivity index (χ0) is 16.8. The smallest absolute Gasteiger partial charge is 0.452 e. The highest BCUT2D eigenvalue weighted by atomic mass is 16.6. The van der Waals surface area contributed by atoms with Crippen molar-refractivity contribution in [2.45, 2.75) is 20.0 Å². The van der Waals surface area contributed by atoms with E-state index >= 15 is 0 Å². The van der Waals surface area contributed by atoms with Crippen LogP contribution in [0, 0.1) is 0 Å². The standard InChI is InChI=1S/C17H18N2O4/c1-11(2)23-17(21)19-18-15-10-13(6-9-16(15)22-3)12-4-7-14(20)8-5-12/h4-11,20H,1-3H3. The highest BCUT2D eigenvalue weighted by Crippen LogP contribution is 2.33. The van der Waals surface area contributed by atoms with Gasteiger partial charge in [0.25, 0.3) is 0 Å². The first kappa shape index (κ1) is 16.5. The summed E-state index contributed by atoms with van der Waals surface area (Å²) in [5, 5.41) is 16.8. The van der Waals surface area contributed by atoms with E-state index in [1.807, 2.05) is 6.07 Å². The lowest BCUT2D eigenvalue weighted by molar-refractivity contribution is 0.124. The fourth-order valence-corrected chi connectivity index (χ4v) is 1.92. The Labute approximate surface area is 134 Å². The molecule has 0 heterocycles. The summed E-state index contributed by atoms with van der Waals surface area (Å²) < 4.78 is 10.1. The van der Waals surface area contributed by atoms with E-state index in [4.69, 9.17) is 9.47 Å². The third-order valence-electron chi connectivity index (χ3n) is 2.96. The second-order valence-electron chi connectivity index (χ2n) is 5.07. The zero-order valence-electron chi connectivity index (χ0n) is 13.2. The van der Waals surface area contributed by atoms with Crippen LogP contribution in [0.25, 0.3) is 11.1 Å². The van der Waals surface area contributed by atoms with Gasteiger partial charge >= 0.3 is 6.09 Å². The van der Waals surface area contributed by atoms with E-state index in [0.29, 0.717) is 11.4 Å². The van der Waals surface area contributed by atoms with E-state index in [1.54, 1.807) is 50.2 Å². The average molecular weight is 314 g/mol. The van der Waals surface area contributed by atoms with Crippen molar-refractivity contribution in [1.29, 1.82) is 0 Å². The molecule has 0 aliphatic rings. The Morgan fingerprint density at radius 1 is 1.09 bits per heavy atom. The van der Waals surface area contributed by atoms with Crippen molar-refractivity contribution in [2.24, 2.45) is 10.2 Å². The van der Waals surface area contributed by atoms with Crippen LogP contribution in [0.2, 0.25) is 0 Å². The van der Waals surface area contributed by atoms with Gasteiger partial charge in [-0.2, -0.15) is 0 Å². The van der Waals surface area contributed by atoms with Gasteiger partial charge in [-0.05, 0) is 49.2 Å². The minimum atomic E-state index is -0.753. The molecule has 120 valence electrons. The van der Waals surface area contributed by atoms with Gasteiger partial charge in [0, 0.05) is 0 Å². The SMILES string of the molecule is COc1ccc(-c2ccc(O)cc2)cc1N=NC(=O)OC(C)C. The first-order valence-electron chi connectivity index (χ1n) is 7.09. The van der Waals surface area contributed by atoms with Crippen LogP contribution in [-0.4, -0.2) is 24.4 Å². The Kier molecular flexibility index (Phi) is 5.30. The number of methoxy groups -OCH3 is 1. The minimum Gasteiger partial charge on any atom is -0.508 e. The van der Waals surface area contributed by atoms with E-state index < -0.39 is 6.09 Å². The number of benzene rings is 2. The van der Waals surface area contributed by atoms with Gasteiger partial charge in [-0.15, -0.1) is 5.11 Å². The van der Waals surface area contributed by atoms with Crippen LogP contribution in [0.4, 0.5) is 10.5 Å². The zero-order valence-corrected chi connectivity index (χ0v) is 13.2. The van der Waals surface area contributed by atoms with Crippen molar-refractivity contribution >= 4 is 11.8 Å². The maximum atomic E-state index is 11.5. The quantitative estimate of drug-likeness (QED) is 0.830. The van der Waals surface area contributed by atoms with E-state index in [0.717, 1.165) is 11.1 Å². The van der Waals surface area contributed by atoms with Gasteiger partial charge in [0.2, 0.25) is 0 Å². The van der Waals surface area contributed by atoms with Gasteiger partial charge < -0.3 is 14.6 Å². The van der Waals surface area contributed by atoms with Crippen LogP contribution >= 0.6 is 0 Å². The van der Waals surface area contributed by atoms with Gasteiger partial charge in [0.05, 0.1) is 13.2 Å². The first-order valence-corrected chi connectivity index (χ1v) is 7.09. The highest BCUT2D eigenvalue weighted by Gasteiger charge is 2.08. The molecule has 0 unspecified atom stereocenters. The van der Waals surface area contributed by atoms with Crippen LogP contribution in [0.1, 0.15) is 13.8 Å². The number of hydrogen-bond acceptors (Lipinski definition) is 5. The van der Waals surface area contributed by atoms with Gasteiger partial charge in [-0.3, -0.25) is 0 Å². The Morgan fingerprint density at radius 3 is 2.35 bits per heavy atom. The molecule has 0 aromatic heterocycles. The van der Waals surface area contributed by atoms with Crippen LogP contribution in [0.3, 0.4) is 0 Å². The lowest BCUT2D eigenvalue weighted by atomic mass is 10.0. The molecule has 23 heavy (non-hydrogen) atoms. The number of amides is 1. The molecule has 6 nitrogen and oxygen atoms in total. The topological polar surface area (TPSA) is 80.5 Å². The van der Waals surface area contributed by atoms with Gasteiger partial charge in [0.15, 0.2) is 0 Å². The highest BCUT2D eigenvalue weighted by molar-refractivity contribution is 5.72. The van der Waals surface area contributed by atoms with Gasteiger partial charge in [-0.25, -0.2) is 4.79 Å². The van der Waals surface area contributed by atoms with Crippen LogP contribution < -0.4 is 4.74 Å². The van der Waals surface area contributed by atoms with Crippen LogP contribution in [0.15, 0.2) is 52.7 Å². The van der Waals surface area contributed by atoms with Crippen molar-refractivity contribution < 1.29 is 19.4 Å². The van der Waals surface area contributed by atoms with E-state index in [-0.39, 0.29) is 11.9 Å². The molecule has 1 N–H and O–H groups in total. The molecule has 2 aromatic rings. The van der Waals surface area contributed by atoms with E-state index in [9.17, 15) is 9.90 Å². The number of carbonyl (C=O) groups excluding carboxylic acids is 1. The Bertz CT molecular complexity index is 709. The number of carbonyl (C=O) groups is 1. The molecule has 0 atom stereocenters. The molecule has 2 aromatic carbocycles. The third kappa shape index (κ3) is 4.54. The molecule has 0 aliphatic carbocycles. The Balaban J connectivity index is 2.30.